The molecule has 0 spiro atoms. The van der Waals surface area contributed by atoms with Crippen molar-refractivity contribution < 1.29 is 5.11 Å². The number of aromatic nitrogens is 2. The number of rotatable bonds is 6. The van der Waals surface area contributed by atoms with Gasteiger partial charge in [-0.05, 0) is 67.8 Å². The summed E-state index contributed by atoms with van der Waals surface area (Å²) in [5, 5.41) is 10.8. The molecule has 0 aliphatic carbocycles. The average molecular weight is 513 g/mol. The summed E-state index contributed by atoms with van der Waals surface area (Å²) >= 11 is 0. The van der Waals surface area contributed by atoms with Gasteiger partial charge in [-0.25, -0.2) is 4.79 Å². The summed E-state index contributed by atoms with van der Waals surface area (Å²) in [6, 6.07) is 21.6. The number of fused-ring (bicyclic) bond motifs is 1. The van der Waals surface area contributed by atoms with Crippen LogP contribution in [0.2, 0.25) is 0 Å². The molecule has 7 nitrogen and oxygen atoms in total. The highest BCUT2D eigenvalue weighted by Gasteiger charge is 2.18. The molecule has 1 aliphatic rings. The zero-order valence-corrected chi connectivity index (χ0v) is 22.6. The van der Waals surface area contributed by atoms with Gasteiger partial charge >= 0.3 is 5.69 Å². The summed E-state index contributed by atoms with van der Waals surface area (Å²) in [7, 11) is 3.86. The molecule has 3 aromatic carbocycles. The van der Waals surface area contributed by atoms with Crippen LogP contribution >= 0.6 is 0 Å². The Bertz CT molecular complexity index is 1570. The molecule has 1 fully saturated rings. The second kappa shape index (κ2) is 10.2. The minimum absolute atomic E-state index is 0.260. The van der Waals surface area contributed by atoms with E-state index in [1.165, 1.54) is 10.3 Å². The van der Waals surface area contributed by atoms with E-state index < -0.39 is 5.60 Å². The summed E-state index contributed by atoms with van der Waals surface area (Å²) in [6.07, 6.45) is 0.606. The van der Waals surface area contributed by atoms with Crippen LogP contribution in [0.25, 0.3) is 22.0 Å². The minimum Gasteiger partial charge on any atom is -0.386 e. The Morgan fingerprint density at radius 2 is 1.50 bits per heavy atom. The predicted octanol–water partition coefficient (Wildman–Crippen LogP) is 3.59. The van der Waals surface area contributed by atoms with E-state index in [0.717, 1.165) is 48.4 Å². The first-order chi connectivity index (χ1) is 18.1. The van der Waals surface area contributed by atoms with Crippen LogP contribution in [0.1, 0.15) is 25.0 Å². The first-order valence-corrected chi connectivity index (χ1v) is 13.2. The largest absolute Gasteiger partial charge is 0.386 e. The highest BCUT2D eigenvalue weighted by Crippen LogP contribution is 2.27. The maximum Gasteiger partial charge on any atom is 0.331 e. The van der Waals surface area contributed by atoms with Crippen molar-refractivity contribution in [1.29, 1.82) is 0 Å². The maximum atomic E-state index is 13.5. The molecule has 7 heteroatoms. The van der Waals surface area contributed by atoms with Gasteiger partial charge < -0.3 is 14.9 Å². The van der Waals surface area contributed by atoms with Gasteiger partial charge in [0, 0.05) is 45.5 Å². The first-order valence-electron chi connectivity index (χ1n) is 13.2. The number of hydrogen-bond donors (Lipinski definition) is 1. The summed E-state index contributed by atoms with van der Waals surface area (Å²) < 4.78 is 2.93. The Morgan fingerprint density at radius 3 is 2.18 bits per heavy atom. The molecule has 0 bridgehead atoms. The average Bonchev–Trinajstić information content (AvgIpc) is 2.92. The summed E-state index contributed by atoms with van der Waals surface area (Å²) in [5.41, 5.74) is 4.15. The van der Waals surface area contributed by atoms with Crippen molar-refractivity contribution in [1.82, 2.24) is 14.0 Å². The lowest BCUT2D eigenvalue weighted by Gasteiger charge is -2.35. The van der Waals surface area contributed by atoms with Crippen molar-refractivity contribution in [3.63, 3.8) is 0 Å². The Balaban J connectivity index is 1.44. The molecule has 0 atom stereocenters. The fraction of sp³-hybridized carbons (Fsp3) is 0.355. The molecule has 4 aromatic rings. The van der Waals surface area contributed by atoms with Gasteiger partial charge in [-0.1, -0.05) is 48.5 Å². The van der Waals surface area contributed by atoms with Crippen molar-refractivity contribution >= 4 is 16.6 Å². The zero-order valence-electron chi connectivity index (χ0n) is 22.6. The number of hydrogen-bond acceptors (Lipinski definition) is 5. The summed E-state index contributed by atoms with van der Waals surface area (Å²) in [5.74, 6) is 0. The molecule has 1 aliphatic heterocycles. The number of aryl methyl sites for hydroxylation is 2. The van der Waals surface area contributed by atoms with Gasteiger partial charge in [-0.3, -0.25) is 13.9 Å². The van der Waals surface area contributed by atoms with Crippen LogP contribution in [0.4, 0.5) is 5.69 Å². The van der Waals surface area contributed by atoms with Crippen LogP contribution in [-0.4, -0.2) is 52.4 Å². The van der Waals surface area contributed by atoms with E-state index in [0.29, 0.717) is 23.9 Å². The van der Waals surface area contributed by atoms with E-state index in [1.54, 1.807) is 25.5 Å². The highest BCUT2D eigenvalue weighted by atomic mass is 16.3. The second-order valence-corrected chi connectivity index (χ2v) is 10.8. The molecule has 198 valence electrons. The van der Waals surface area contributed by atoms with E-state index in [4.69, 9.17) is 0 Å². The molecule has 0 unspecified atom stereocenters. The standard InChI is InChI=1S/C31H36N4O3/c1-31(2,38)25-12-9-22(10-13-25)24-11-14-26-28(21-24)33(4)30(37)35(29(26)36)16-15-23-7-5-6-8-27(23)34-19-17-32(3)18-20-34/h5-14,21,38H,15-20H2,1-4H3. The van der Waals surface area contributed by atoms with Crippen molar-refractivity contribution in [2.24, 2.45) is 7.05 Å². The van der Waals surface area contributed by atoms with Crippen LogP contribution in [-0.2, 0) is 25.6 Å². The van der Waals surface area contributed by atoms with Crippen LogP contribution in [0.5, 0.6) is 0 Å². The molecule has 0 saturated carbocycles. The zero-order chi connectivity index (χ0) is 27.0. The maximum absolute atomic E-state index is 13.5. The third kappa shape index (κ3) is 5.04. The van der Waals surface area contributed by atoms with Crippen LogP contribution in [0.15, 0.2) is 76.3 Å². The summed E-state index contributed by atoms with van der Waals surface area (Å²) in [4.78, 5) is 31.5. The second-order valence-electron chi connectivity index (χ2n) is 10.8. The fourth-order valence-electron chi connectivity index (χ4n) is 5.26. The van der Waals surface area contributed by atoms with E-state index in [1.807, 2.05) is 54.6 Å². The number of piperazine rings is 1. The van der Waals surface area contributed by atoms with E-state index >= 15 is 0 Å². The number of para-hydroxylation sites is 1. The normalized spacial score (nSPS) is 14.8. The molecular formula is C31H36N4O3. The van der Waals surface area contributed by atoms with Crippen LogP contribution < -0.4 is 16.1 Å². The number of aliphatic hydroxyl groups is 1. The van der Waals surface area contributed by atoms with Crippen molar-refractivity contribution in [2.75, 3.05) is 38.1 Å². The number of nitrogens with zero attached hydrogens (tertiary/aromatic N) is 4. The van der Waals surface area contributed by atoms with Crippen LogP contribution in [0.3, 0.4) is 0 Å². The quantitative estimate of drug-likeness (QED) is 0.428. The molecule has 0 radical (unpaired) electrons. The van der Waals surface area contributed by atoms with E-state index in [-0.39, 0.29) is 11.2 Å². The van der Waals surface area contributed by atoms with Gasteiger partial charge in [0.1, 0.15) is 0 Å². The van der Waals surface area contributed by atoms with Crippen molar-refractivity contribution in [3.05, 3.63) is 98.7 Å². The molecule has 2 heterocycles. The summed E-state index contributed by atoms with van der Waals surface area (Å²) in [6.45, 7) is 7.80. The van der Waals surface area contributed by atoms with Gasteiger partial charge in [-0.15, -0.1) is 0 Å². The first kappa shape index (κ1) is 25.9. The molecule has 5 rings (SSSR count). The molecule has 0 amide bonds. The van der Waals surface area contributed by atoms with Crippen molar-refractivity contribution in [2.45, 2.75) is 32.4 Å². The number of benzene rings is 3. The van der Waals surface area contributed by atoms with Gasteiger partial charge in [0.25, 0.3) is 5.56 Å². The molecular weight excluding hydrogens is 476 g/mol. The third-order valence-corrected chi connectivity index (χ3v) is 7.72. The van der Waals surface area contributed by atoms with E-state index in [9.17, 15) is 14.7 Å². The predicted molar refractivity (Wildman–Crippen MR) is 154 cm³/mol. The fourth-order valence-corrected chi connectivity index (χ4v) is 5.26. The van der Waals surface area contributed by atoms with Gasteiger partial charge in [0.15, 0.2) is 0 Å². The lowest BCUT2D eigenvalue weighted by atomic mass is 9.95. The number of anilines is 1. The van der Waals surface area contributed by atoms with Gasteiger partial charge in [-0.2, -0.15) is 0 Å². The smallest absolute Gasteiger partial charge is 0.331 e. The SMILES string of the molecule is CN1CCN(c2ccccc2CCn2c(=O)c3ccc(-c4ccc(C(C)(C)O)cc4)cc3n(C)c2=O)CC1. The number of likely N-dealkylation sites (N-methyl/N-ethyl adjacent to an activating group) is 1. The lowest BCUT2D eigenvalue weighted by Crippen LogP contribution is -2.45. The Hall–Kier alpha value is -3.68. The lowest BCUT2D eigenvalue weighted by molar-refractivity contribution is 0.0786. The van der Waals surface area contributed by atoms with Gasteiger partial charge in [0.05, 0.1) is 16.5 Å². The Labute approximate surface area is 223 Å². The van der Waals surface area contributed by atoms with E-state index in [2.05, 4.69) is 29.0 Å². The highest BCUT2D eigenvalue weighted by molar-refractivity contribution is 5.84. The Morgan fingerprint density at radius 1 is 0.842 bits per heavy atom. The van der Waals surface area contributed by atoms with Gasteiger partial charge in [0.2, 0.25) is 0 Å². The molecule has 38 heavy (non-hydrogen) atoms. The van der Waals surface area contributed by atoms with Crippen LogP contribution in [0, 0.1) is 0 Å². The molecule has 1 saturated heterocycles. The monoisotopic (exact) mass is 512 g/mol. The molecule has 1 aromatic heterocycles. The molecule has 1 N–H and O–H groups in total. The van der Waals surface area contributed by atoms with Crippen molar-refractivity contribution in [3.8, 4) is 11.1 Å². The third-order valence-electron chi connectivity index (χ3n) is 7.72. The topological polar surface area (TPSA) is 70.7 Å². The minimum atomic E-state index is -0.915. The Kier molecular flexibility index (Phi) is 6.99.